The van der Waals surface area contributed by atoms with Crippen molar-refractivity contribution in [1.29, 1.82) is 0 Å². The van der Waals surface area contributed by atoms with Crippen molar-refractivity contribution in [2.45, 2.75) is 30.9 Å². The van der Waals surface area contributed by atoms with Crippen LogP contribution in [0.25, 0.3) is 0 Å². The summed E-state index contributed by atoms with van der Waals surface area (Å²) in [6.45, 7) is 1.44. The SMILES string of the molecule is Cc1ccc(S(=O)(=O)N(C)CC(=O)N(c2ccccc2)[C@@H](Cc2ccccc2)C(=O)OCc2ccccc2)cc1. The van der Waals surface area contributed by atoms with Gasteiger partial charge in [0.25, 0.3) is 0 Å². The van der Waals surface area contributed by atoms with Crippen molar-refractivity contribution in [3.63, 3.8) is 0 Å². The third kappa shape index (κ3) is 7.22. The Balaban J connectivity index is 1.66. The van der Waals surface area contributed by atoms with Gasteiger partial charge in [-0.05, 0) is 42.3 Å². The molecule has 40 heavy (non-hydrogen) atoms. The zero-order chi connectivity index (χ0) is 28.5. The number of ether oxygens (including phenoxy) is 1. The highest BCUT2D eigenvalue weighted by Gasteiger charge is 2.35. The first-order valence-electron chi connectivity index (χ1n) is 12.9. The van der Waals surface area contributed by atoms with Crippen LogP contribution in [-0.2, 0) is 37.4 Å². The van der Waals surface area contributed by atoms with Crippen LogP contribution in [0.4, 0.5) is 5.69 Å². The van der Waals surface area contributed by atoms with E-state index in [1.165, 1.54) is 24.1 Å². The maximum absolute atomic E-state index is 13.9. The number of benzene rings is 4. The average Bonchev–Trinajstić information content (AvgIpc) is 2.97. The summed E-state index contributed by atoms with van der Waals surface area (Å²) >= 11 is 0. The van der Waals surface area contributed by atoms with Crippen LogP contribution in [0.3, 0.4) is 0 Å². The summed E-state index contributed by atoms with van der Waals surface area (Å²) in [5.41, 5.74) is 3.03. The maximum Gasteiger partial charge on any atom is 0.329 e. The van der Waals surface area contributed by atoms with E-state index in [0.29, 0.717) is 5.69 Å². The van der Waals surface area contributed by atoms with Crippen LogP contribution < -0.4 is 4.90 Å². The van der Waals surface area contributed by atoms with Gasteiger partial charge in [0, 0.05) is 19.2 Å². The molecule has 1 atom stereocenters. The first kappa shape index (κ1) is 28.7. The van der Waals surface area contributed by atoms with Gasteiger partial charge in [-0.1, -0.05) is 96.6 Å². The summed E-state index contributed by atoms with van der Waals surface area (Å²) in [7, 11) is -2.59. The van der Waals surface area contributed by atoms with Crippen molar-refractivity contribution in [3.8, 4) is 0 Å². The van der Waals surface area contributed by atoms with Crippen LogP contribution in [0.1, 0.15) is 16.7 Å². The van der Waals surface area contributed by atoms with Crippen LogP contribution >= 0.6 is 0 Å². The van der Waals surface area contributed by atoms with E-state index in [1.54, 1.807) is 42.5 Å². The first-order chi connectivity index (χ1) is 19.3. The summed E-state index contributed by atoms with van der Waals surface area (Å²) in [6, 6.07) is 32.8. The molecule has 4 aromatic carbocycles. The Kier molecular flexibility index (Phi) is 9.47. The van der Waals surface area contributed by atoms with Gasteiger partial charge >= 0.3 is 5.97 Å². The van der Waals surface area contributed by atoms with Gasteiger partial charge in [-0.25, -0.2) is 13.2 Å². The van der Waals surface area contributed by atoms with E-state index in [0.717, 1.165) is 21.0 Å². The zero-order valence-electron chi connectivity index (χ0n) is 22.5. The van der Waals surface area contributed by atoms with Gasteiger partial charge in [-0.15, -0.1) is 0 Å². The second-order valence-electron chi connectivity index (χ2n) is 9.47. The largest absolute Gasteiger partial charge is 0.459 e. The molecule has 0 bridgehead atoms. The molecule has 0 saturated carbocycles. The summed E-state index contributed by atoms with van der Waals surface area (Å²) < 4.78 is 33.2. The second kappa shape index (κ2) is 13.2. The molecule has 0 unspecified atom stereocenters. The fourth-order valence-electron chi connectivity index (χ4n) is 4.27. The predicted molar refractivity (Wildman–Crippen MR) is 155 cm³/mol. The summed E-state index contributed by atoms with van der Waals surface area (Å²) in [5, 5.41) is 0. The van der Waals surface area contributed by atoms with Crippen LogP contribution in [0.5, 0.6) is 0 Å². The zero-order valence-corrected chi connectivity index (χ0v) is 23.3. The van der Waals surface area contributed by atoms with Gasteiger partial charge in [0.15, 0.2) is 0 Å². The molecule has 8 heteroatoms. The lowest BCUT2D eigenvalue weighted by Gasteiger charge is -2.32. The van der Waals surface area contributed by atoms with E-state index in [4.69, 9.17) is 4.74 Å². The van der Waals surface area contributed by atoms with Gasteiger partial charge in [-0.3, -0.25) is 9.69 Å². The monoisotopic (exact) mass is 556 g/mol. The highest BCUT2D eigenvalue weighted by atomic mass is 32.2. The lowest BCUT2D eigenvalue weighted by molar-refractivity contribution is -0.147. The highest BCUT2D eigenvalue weighted by Crippen LogP contribution is 2.23. The summed E-state index contributed by atoms with van der Waals surface area (Å²) in [4.78, 5) is 29.0. The van der Waals surface area contributed by atoms with E-state index in [1.807, 2.05) is 67.6 Å². The number of esters is 1. The molecule has 0 aliphatic heterocycles. The van der Waals surface area contributed by atoms with Gasteiger partial charge < -0.3 is 4.74 Å². The quantitative estimate of drug-likeness (QED) is 0.243. The fraction of sp³-hybridized carbons (Fsp3) is 0.188. The van der Waals surface area contributed by atoms with Crippen LogP contribution in [0.15, 0.2) is 120 Å². The molecule has 0 aromatic heterocycles. The molecule has 0 radical (unpaired) electrons. The van der Waals surface area contributed by atoms with Crippen molar-refractivity contribution in [2.75, 3.05) is 18.5 Å². The lowest BCUT2D eigenvalue weighted by atomic mass is 10.0. The molecule has 0 N–H and O–H groups in total. The predicted octanol–water partition coefficient (Wildman–Crippen LogP) is 5.00. The normalized spacial score (nSPS) is 12.1. The third-order valence-corrected chi connectivity index (χ3v) is 8.29. The van der Waals surface area contributed by atoms with E-state index >= 15 is 0 Å². The van der Waals surface area contributed by atoms with E-state index in [2.05, 4.69) is 0 Å². The number of nitrogens with zero attached hydrogens (tertiary/aromatic N) is 2. The number of anilines is 1. The van der Waals surface area contributed by atoms with Gasteiger partial charge in [0.2, 0.25) is 15.9 Å². The minimum absolute atomic E-state index is 0.0451. The third-order valence-electron chi connectivity index (χ3n) is 6.47. The number of para-hydroxylation sites is 1. The Morgan fingerprint density at radius 3 is 1.85 bits per heavy atom. The number of rotatable bonds is 11. The molecule has 4 rings (SSSR count). The molecule has 0 fully saturated rings. The van der Waals surface area contributed by atoms with Crippen molar-refractivity contribution in [3.05, 3.63) is 132 Å². The van der Waals surface area contributed by atoms with Crippen molar-refractivity contribution in [2.24, 2.45) is 0 Å². The number of likely N-dealkylation sites (N-methyl/N-ethyl adjacent to an activating group) is 1. The maximum atomic E-state index is 13.9. The second-order valence-corrected chi connectivity index (χ2v) is 11.5. The lowest BCUT2D eigenvalue weighted by Crippen LogP contribution is -2.51. The Hall–Kier alpha value is -4.27. The Morgan fingerprint density at radius 2 is 1.27 bits per heavy atom. The molecule has 206 valence electrons. The molecule has 7 nitrogen and oxygen atoms in total. The Bertz CT molecular complexity index is 1510. The van der Waals surface area contributed by atoms with Gasteiger partial charge in [0.1, 0.15) is 12.6 Å². The number of hydrogen-bond donors (Lipinski definition) is 0. The molecular formula is C32H32N2O5S. The number of carbonyl (C=O) groups is 2. The molecule has 0 aliphatic rings. The molecule has 4 aromatic rings. The van der Waals surface area contributed by atoms with Gasteiger partial charge in [-0.2, -0.15) is 4.31 Å². The molecule has 1 amide bonds. The van der Waals surface area contributed by atoms with Crippen LogP contribution in [0.2, 0.25) is 0 Å². The van der Waals surface area contributed by atoms with Crippen molar-refractivity contribution < 1.29 is 22.7 Å². The highest BCUT2D eigenvalue weighted by molar-refractivity contribution is 7.89. The number of carbonyl (C=O) groups excluding carboxylic acids is 2. The van der Waals surface area contributed by atoms with Crippen LogP contribution in [-0.4, -0.2) is 44.2 Å². The van der Waals surface area contributed by atoms with E-state index in [9.17, 15) is 18.0 Å². The number of amides is 1. The Labute approximate surface area is 235 Å². The number of aryl methyl sites for hydroxylation is 1. The molecule has 0 heterocycles. The summed E-state index contributed by atoms with van der Waals surface area (Å²) in [6.07, 6.45) is 0.184. The number of hydrogen-bond acceptors (Lipinski definition) is 5. The first-order valence-corrected chi connectivity index (χ1v) is 14.3. The van der Waals surface area contributed by atoms with E-state index in [-0.39, 0.29) is 17.9 Å². The fourth-order valence-corrected chi connectivity index (χ4v) is 5.39. The Morgan fingerprint density at radius 1 is 0.750 bits per heavy atom. The van der Waals surface area contributed by atoms with Crippen molar-refractivity contribution in [1.82, 2.24) is 4.31 Å². The van der Waals surface area contributed by atoms with Crippen LogP contribution in [0, 0.1) is 6.92 Å². The molecule has 0 spiro atoms. The van der Waals surface area contributed by atoms with Crippen molar-refractivity contribution >= 4 is 27.6 Å². The molecule has 0 aliphatic carbocycles. The molecule has 0 saturated heterocycles. The average molecular weight is 557 g/mol. The smallest absolute Gasteiger partial charge is 0.329 e. The minimum atomic E-state index is -3.95. The van der Waals surface area contributed by atoms with Gasteiger partial charge in [0.05, 0.1) is 11.4 Å². The standard InChI is InChI=1S/C32H32N2O5S/c1-25-18-20-29(21-19-25)40(37,38)33(2)23-31(35)34(28-16-10-5-11-17-28)30(22-26-12-6-3-7-13-26)32(36)39-24-27-14-8-4-9-15-27/h3-21,30H,22-24H2,1-2H3/t30-/m0/s1. The summed E-state index contributed by atoms with van der Waals surface area (Å²) in [5.74, 6) is -1.14. The minimum Gasteiger partial charge on any atom is -0.459 e. The van der Waals surface area contributed by atoms with E-state index < -0.39 is 34.5 Å². The topological polar surface area (TPSA) is 84.0 Å². The number of sulfonamides is 1. The molecular weight excluding hydrogens is 524 g/mol.